The number of non-ortho nitro benzene ring substituents is 1. The van der Waals surface area contributed by atoms with Crippen LogP contribution < -0.4 is 9.47 Å². The van der Waals surface area contributed by atoms with E-state index in [1.54, 1.807) is 30.0 Å². The van der Waals surface area contributed by atoms with Gasteiger partial charge < -0.3 is 29.3 Å². The maximum Gasteiger partial charge on any atom is 0.269 e. The van der Waals surface area contributed by atoms with Gasteiger partial charge in [0.1, 0.15) is 23.9 Å². The van der Waals surface area contributed by atoms with Crippen molar-refractivity contribution in [1.82, 2.24) is 0 Å². The molecule has 58 heavy (non-hydrogen) atoms. The van der Waals surface area contributed by atoms with Gasteiger partial charge >= 0.3 is 0 Å². The van der Waals surface area contributed by atoms with Crippen molar-refractivity contribution in [3.05, 3.63) is 112 Å². The lowest BCUT2D eigenvalue weighted by molar-refractivity contribution is -0.384. The topological polar surface area (TPSA) is 133 Å². The van der Waals surface area contributed by atoms with Crippen LogP contribution in [-0.4, -0.2) is 63.2 Å². The summed E-state index contributed by atoms with van der Waals surface area (Å²) in [6.07, 6.45) is 16.5. The zero-order valence-electron chi connectivity index (χ0n) is 33.3. The van der Waals surface area contributed by atoms with Gasteiger partial charge in [-0.2, -0.15) is 0 Å². The van der Waals surface area contributed by atoms with E-state index in [9.17, 15) is 20.3 Å². The molecular weight excluding hydrogens is 773 g/mol. The van der Waals surface area contributed by atoms with Crippen molar-refractivity contribution in [3.8, 4) is 17.2 Å². The molecule has 12 heteroatoms. The van der Waals surface area contributed by atoms with Gasteiger partial charge in [0.2, 0.25) is 5.79 Å². The van der Waals surface area contributed by atoms with Crippen LogP contribution in [0.4, 0.5) is 5.69 Å². The number of thioether (sulfide) groups is 2. The van der Waals surface area contributed by atoms with Gasteiger partial charge in [-0.3, -0.25) is 10.1 Å². The van der Waals surface area contributed by atoms with Crippen molar-refractivity contribution in [2.75, 3.05) is 26.1 Å². The summed E-state index contributed by atoms with van der Waals surface area (Å²) in [5.74, 6) is 1.32. The molecule has 2 N–H and O–H groups in total. The predicted octanol–water partition coefficient (Wildman–Crippen LogP) is 10.6. The molecule has 4 aliphatic rings. The van der Waals surface area contributed by atoms with Crippen molar-refractivity contribution >= 4 is 34.9 Å². The quantitative estimate of drug-likeness (QED) is 0.0373. The lowest BCUT2D eigenvalue weighted by Crippen LogP contribution is -2.64. The second-order valence-electron chi connectivity index (χ2n) is 15.8. The van der Waals surface area contributed by atoms with E-state index >= 15 is 0 Å². The Morgan fingerprint density at radius 3 is 2.40 bits per heavy atom. The van der Waals surface area contributed by atoms with Crippen molar-refractivity contribution in [1.29, 1.82) is 0 Å². The molecule has 0 aromatic heterocycles. The number of aliphatic hydroxyl groups is 2. The van der Waals surface area contributed by atoms with Crippen LogP contribution in [0, 0.1) is 27.9 Å². The number of nitro benzene ring substituents is 1. The smallest absolute Gasteiger partial charge is 0.269 e. The number of ether oxygens (including phenoxy) is 3. The van der Waals surface area contributed by atoms with E-state index in [1.807, 2.05) is 36.0 Å². The fraction of sp³-hybridized carbons (Fsp3) is 0.500. The molecule has 0 radical (unpaired) electrons. The number of hydrogen-bond donors (Lipinski definition) is 2. The van der Waals surface area contributed by atoms with E-state index in [4.69, 9.17) is 24.2 Å². The van der Waals surface area contributed by atoms with Crippen molar-refractivity contribution in [2.45, 2.75) is 104 Å². The molecule has 0 saturated heterocycles. The number of allylic oxidation sites excluding steroid dienone is 1. The van der Waals surface area contributed by atoms with E-state index in [2.05, 4.69) is 37.1 Å². The van der Waals surface area contributed by atoms with Crippen LogP contribution in [0.1, 0.15) is 87.7 Å². The predicted molar refractivity (Wildman–Crippen MR) is 231 cm³/mol. The van der Waals surface area contributed by atoms with Gasteiger partial charge in [0.05, 0.1) is 28.4 Å². The third-order valence-corrected chi connectivity index (χ3v) is 14.6. The molecule has 1 aliphatic heterocycles. The van der Waals surface area contributed by atoms with Gasteiger partial charge in [0.15, 0.2) is 0 Å². The Labute approximate surface area is 350 Å². The van der Waals surface area contributed by atoms with Crippen LogP contribution in [0.15, 0.2) is 101 Å². The molecule has 0 bridgehead atoms. The Balaban J connectivity index is 1.35. The molecule has 0 amide bonds. The van der Waals surface area contributed by atoms with Gasteiger partial charge in [-0.1, -0.05) is 43.0 Å². The number of aliphatic hydroxyl groups excluding tert-OH is 2. The summed E-state index contributed by atoms with van der Waals surface area (Å²) in [6.45, 7) is 4.83. The maximum absolute atomic E-state index is 11.3. The van der Waals surface area contributed by atoms with Gasteiger partial charge in [0.25, 0.3) is 5.69 Å². The molecule has 7 rings (SSSR count). The Morgan fingerprint density at radius 2 is 1.71 bits per heavy atom. The Kier molecular flexibility index (Phi) is 14.6. The highest BCUT2D eigenvalue weighted by Crippen LogP contribution is 2.63. The Morgan fingerprint density at radius 1 is 0.983 bits per heavy atom. The highest BCUT2D eigenvalue weighted by Gasteiger charge is 2.64. The van der Waals surface area contributed by atoms with Gasteiger partial charge in [-0.05, 0) is 122 Å². The van der Waals surface area contributed by atoms with Crippen LogP contribution in [0.25, 0.3) is 0 Å². The minimum absolute atomic E-state index is 0.0313. The Hall–Kier alpha value is -3.81. The number of benzene rings is 3. The molecule has 6 atom stereocenters. The summed E-state index contributed by atoms with van der Waals surface area (Å²) in [5, 5.41) is 36.4. The lowest BCUT2D eigenvalue weighted by Gasteiger charge is -2.58. The average molecular weight is 829 g/mol. The molecule has 3 aromatic carbocycles. The standard InChI is InChI=1S/C46H56N2O8S2/c1-3-26-53-46-43(58-37-11-4-5-12-37)29-41(47-54-30-31-14-16-33(17-15-31)48(51)52)39-27-32(10-6-8-24-49)38(13-7-9-25-50)44(45(39)46)40-28-35(20-23-42(40)56-46)55-34-18-21-36(57-2)22-19-34/h3,14-23,27-28,32,37-38,43-45,49-50H,1,4-13,24-26,29-30H2,2H3. The first-order chi connectivity index (χ1) is 28.4. The zero-order valence-corrected chi connectivity index (χ0v) is 35.0. The average Bonchev–Trinajstić information content (AvgIpc) is 3.76. The van der Waals surface area contributed by atoms with Gasteiger partial charge in [-0.25, -0.2) is 0 Å². The molecule has 0 spiro atoms. The van der Waals surface area contributed by atoms with E-state index in [0.717, 1.165) is 89.5 Å². The van der Waals surface area contributed by atoms with E-state index in [1.165, 1.54) is 25.0 Å². The second kappa shape index (κ2) is 20.0. The highest BCUT2D eigenvalue weighted by molar-refractivity contribution is 8.00. The third-order valence-electron chi connectivity index (χ3n) is 12.1. The van der Waals surface area contributed by atoms with E-state index in [0.29, 0.717) is 24.7 Å². The number of unbranched alkanes of at least 4 members (excludes halogenated alkanes) is 2. The molecule has 10 nitrogen and oxygen atoms in total. The molecular formula is C46H56N2O8S2. The lowest BCUT2D eigenvalue weighted by atomic mass is 9.56. The first-order valence-electron chi connectivity index (χ1n) is 20.8. The van der Waals surface area contributed by atoms with Crippen LogP contribution in [0.5, 0.6) is 17.2 Å². The number of hydrogen-bond acceptors (Lipinski definition) is 11. The normalized spacial score (nSPS) is 25.7. The van der Waals surface area contributed by atoms with Gasteiger partial charge in [0, 0.05) is 53.4 Å². The largest absolute Gasteiger partial charge is 0.460 e. The molecule has 3 aliphatic carbocycles. The van der Waals surface area contributed by atoms with Crippen LogP contribution >= 0.6 is 23.5 Å². The van der Waals surface area contributed by atoms with E-state index in [-0.39, 0.29) is 54.4 Å². The summed E-state index contributed by atoms with van der Waals surface area (Å²) in [6, 6.07) is 20.7. The van der Waals surface area contributed by atoms with Crippen molar-refractivity contribution in [2.24, 2.45) is 22.9 Å². The van der Waals surface area contributed by atoms with Crippen molar-refractivity contribution < 1.29 is 34.2 Å². The first kappa shape index (κ1) is 42.3. The zero-order chi connectivity index (χ0) is 40.5. The molecule has 6 unspecified atom stereocenters. The number of oxime groups is 1. The molecule has 1 heterocycles. The van der Waals surface area contributed by atoms with E-state index < -0.39 is 10.7 Å². The number of fused-ring (bicyclic) bond motifs is 2. The van der Waals surface area contributed by atoms with Crippen LogP contribution in [-0.2, 0) is 16.2 Å². The SMILES string of the molecule is C=CCOC12Oc3ccc(Oc4ccc(SC)cc4)cc3C3C(CCCCO)C(CCCCO)C=C(C(=NOCc4ccc([N+](=O)[O-])cc4)CC1SC1CCCC1)C32. The highest BCUT2D eigenvalue weighted by atomic mass is 32.2. The second-order valence-corrected chi connectivity index (χ2v) is 18.2. The van der Waals surface area contributed by atoms with Gasteiger partial charge in [-0.15, -0.1) is 30.1 Å². The summed E-state index contributed by atoms with van der Waals surface area (Å²) in [7, 11) is 0. The summed E-state index contributed by atoms with van der Waals surface area (Å²) in [5.41, 5.74) is 3.84. The molecule has 310 valence electrons. The summed E-state index contributed by atoms with van der Waals surface area (Å²) in [4.78, 5) is 18.2. The first-order valence-corrected chi connectivity index (χ1v) is 22.9. The van der Waals surface area contributed by atoms with Crippen LogP contribution in [0.3, 0.4) is 0 Å². The fourth-order valence-corrected chi connectivity index (χ4v) is 11.6. The summed E-state index contributed by atoms with van der Waals surface area (Å²) < 4.78 is 21.0. The number of nitrogens with zero attached hydrogens (tertiary/aromatic N) is 2. The number of rotatable bonds is 20. The number of nitro groups is 1. The summed E-state index contributed by atoms with van der Waals surface area (Å²) >= 11 is 3.65. The minimum atomic E-state index is -1.02. The fourth-order valence-electron chi connectivity index (χ4n) is 9.44. The van der Waals surface area contributed by atoms with Crippen LogP contribution in [0.2, 0.25) is 0 Å². The minimum Gasteiger partial charge on any atom is -0.460 e. The molecule has 3 aromatic rings. The third kappa shape index (κ3) is 9.47. The maximum atomic E-state index is 11.3. The Bertz CT molecular complexity index is 1920. The molecule has 2 fully saturated rings. The molecule has 2 saturated carbocycles. The van der Waals surface area contributed by atoms with Crippen molar-refractivity contribution in [3.63, 3.8) is 0 Å². The monoisotopic (exact) mass is 828 g/mol.